The molecule has 0 amide bonds. The van der Waals surface area contributed by atoms with Crippen LogP contribution in [0.1, 0.15) is 50.7 Å². The first-order valence-corrected chi connectivity index (χ1v) is 9.96. The Morgan fingerprint density at radius 2 is 2.07 bits per heavy atom. The molecule has 0 aliphatic heterocycles. The summed E-state index contributed by atoms with van der Waals surface area (Å²) in [5, 5.41) is 17.0. The molecule has 0 heterocycles. The van der Waals surface area contributed by atoms with E-state index in [2.05, 4.69) is 22.5 Å². The number of aliphatic hydroxyl groups is 1. The van der Waals surface area contributed by atoms with Gasteiger partial charge in [-0.05, 0) is 51.6 Å². The molecule has 0 spiro atoms. The summed E-state index contributed by atoms with van der Waals surface area (Å²) >= 11 is 0. The van der Waals surface area contributed by atoms with Gasteiger partial charge in [-0.3, -0.25) is 0 Å². The van der Waals surface area contributed by atoms with Gasteiger partial charge in [0.15, 0.2) is 5.96 Å². The van der Waals surface area contributed by atoms with Gasteiger partial charge in [0.2, 0.25) is 0 Å². The maximum atomic E-state index is 13.9. The lowest BCUT2D eigenvalue weighted by Crippen LogP contribution is -2.48. The van der Waals surface area contributed by atoms with Crippen molar-refractivity contribution in [2.75, 3.05) is 27.2 Å². The molecule has 160 valence electrons. The van der Waals surface area contributed by atoms with Crippen molar-refractivity contribution in [2.45, 2.75) is 58.7 Å². The lowest BCUT2D eigenvalue weighted by Gasteiger charge is -2.38. The zero-order valence-electron chi connectivity index (χ0n) is 17.6. The molecular weight excluding hydrogens is 470 g/mol. The van der Waals surface area contributed by atoms with Gasteiger partial charge in [-0.25, -0.2) is 9.38 Å². The van der Waals surface area contributed by atoms with Crippen LogP contribution in [-0.4, -0.2) is 49.3 Å². The predicted molar refractivity (Wildman–Crippen MR) is 125 cm³/mol. The van der Waals surface area contributed by atoms with Gasteiger partial charge in [-0.15, -0.1) is 24.0 Å². The third-order valence-electron chi connectivity index (χ3n) is 5.30. The van der Waals surface area contributed by atoms with Crippen molar-refractivity contribution in [1.82, 2.24) is 15.5 Å². The van der Waals surface area contributed by atoms with E-state index in [1.807, 2.05) is 32.0 Å². The minimum atomic E-state index is -0.271. The van der Waals surface area contributed by atoms with Gasteiger partial charge in [-0.1, -0.05) is 25.8 Å². The lowest BCUT2D eigenvalue weighted by atomic mass is 9.73. The van der Waals surface area contributed by atoms with Crippen LogP contribution in [0.25, 0.3) is 0 Å². The first kappa shape index (κ1) is 25.1. The van der Waals surface area contributed by atoms with Crippen LogP contribution in [-0.2, 0) is 13.1 Å². The second kappa shape index (κ2) is 11.9. The molecular formula is C21H36FIN4O. The molecule has 1 fully saturated rings. The van der Waals surface area contributed by atoms with E-state index in [1.54, 1.807) is 6.07 Å². The number of hydrogen-bond acceptors (Lipinski definition) is 3. The van der Waals surface area contributed by atoms with Crippen LogP contribution in [0.4, 0.5) is 4.39 Å². The van der Waals surface area contributed by atoms with Crippen molar-refractivity contribution < 1.29 is 9.50 Å². The summed E-state index contributed by atoms with van der Waals surface area (Å²) in [6.45, 7) is 6.67. The Morgan fingerprint density at radius 1 is 1.32 bits per heavy atom. The molecule has 7 heteroatoms. The van der Waals surface area contributed by atoms with Gasteiger partial charge in [0.05, 0.1) is 12.6 Å². The van der Waals surface area contributed by atoms with Crippen LogP contribution in [0.5, 0.6) is 0 Å². The van der Waals surface area contributed by atoms with Gasteiger partial charge in [0, 0.05) is 30.6 Å². The van der Waals surface area contributed by atoms with Crippen molar-refractivity contribution in [3.8, 4) is 0 Å². The number of hydrogen-bond donors (Lipinski definition) is 3. The standard InChI is InChI=1S/C21H35FN4O.HI/c1-5-23-20(25-15-21(2)11-7-6-8-19(21)27)24-13-16-9-10-18(22)17(12-16)14-26(3)4;/h9-10,12,19,27H,5-8,11,13-15H2,1-4H3,(H2,23,24,25);1H. The second-order valence-electron chi connectivity index (χ2n) is 8.13. The van der Waals surface area contributed by atoms with E-state index < -0.39 is 0 Å². The Kier molecular flexibility index (Phi) is 10.7. The van der Waals surface area contributed by atoms with Gasteiger partial charge in [-0.2, -0.15) is 0 Å². The molecule has 2 rings (SSSR count). The monoisotopic (exact) mass is 506 g/mol. The molecule has 5 nitrogen and oxygen atoms in total. The zero-order chi connectivity index (χ0) is 19.9. The number of rotatable bonds is 7. The maximum absolute atomic E-state index is 13.9. The third-order valence-corrected chi connectivity index (χ3v) is 5.30. The highest BCUT2D eigenvalue weighted by molar-refractivity contribution is 14.0. The Hall–Kier alpha value is -0.930. The first-order valence-electron chi connectivity index (χ1n) is 9.96. The van der Waals surface area contributed by atoms with E-state index in [1.165, 1.54) is 6.07 Å². The van der Waals surface area contributed by atoms with Crippen LogP contribution in [0, 0.1) is 11.2 Å². The maximum Gasteiger partial charge on any atom is 0.191 e. The largest absolute Gasteiger partial charge is 0.392 e. The van der Waals surface area contributed by atoms with Crippen LogP contribution < -0.4 is 10.6 Å². The van der Waals surface area contributed by atoms with Crippen LogP contribution in [0.2, 0.25) is 0 Å². The highest BCUT2D eigenvalue weighted by Crippen LogP contribution is 2.35. The number of halogens is 2. The molecule has 2 atom stereocenters. The Labute approximate surface area is 186 Å². The minimum Gasteiger partial charge on any atom is -0.392 e. The summed E-state index contributed by atoms with van der Waals surface area (Å²) < 4.78 is 13.9. The van der Waals surface area contributed by atoms with Crippen LogP contribution >= 0.6 is 24.0 Å². The number of nitrogens with one attached hydrogen (secondary N) is 2. The van der Waals surface area contributed by atoms with Gasteiger partial charge >= 0.3 is 0 Å². The van der Waals surface area contributed by atoms with Crippen molar-refractivity contribution >= 4 is 29.9 Å². The quantitative estimate of drug-likeness (QED) is 0.301. The van der Waals surface area contributed by atoms with E-state index in [9.17, 15) is 9.50 Å². The smallest absolute Gasteiger partial charge is 0.191 e. The summed E-state index contributed by atoms with van der Waals surface area (Å²) in [4.78, 5) is 6.60. The fourth-order valence-electron chi connectivity index (χ4n) is 3.57. The van der Waals surface area contributed by atoms with Crippen molar-refractivity contribution in [3.63, 3.8) is 0 Å². The summed E-state index contributed by atoms with van der Waals surface area (Å²) in [6, 6.07) is 5.19. The number of guanidine groups is 1. The van der Waals surface area contributed by atoms with E-state index in [-0.39, 0.29) is 41.3 Å². The predicted octanol–water partition coefficient (Wildman–Crippen LogP) is 3.50. The van der Waals surface area contributed by atoms with E-state index in [4.69, 9.17) is 0 Å². The SMILES string of the molecule is CCNC(=NCc1ccc(F)c(CN(C)C)c1)NCC1(C)CCCCC1O.I. The minimum absolute atomic E-state index is 0. The van der Waals surface area contributed by atoms with E-state index >= 15 is 0 Å². The van der Waals surface area contributed by atoms with Gasteiger partial charge in [0.25, 0.3) is 0 Å². The molecule has 3 N–H and O–H groups in total. The topological polar surface area (TPSA) is 59.9 Å². The summed E-state index contributed by atoms with van der Waals surface area (Å²) in [7, 11) is 3.86. The molecule has 1 aliphatic rings. The molecule has 1 saturated carbocycles. The number of benzene rings is 1. The summed E-state index contributed by atoms with van der Waals surface area (Å²) in [6.07, 6.45) is 3.88. The van der Waals surface area contributed by atoms with Crippen LogP contribution in [0.15, 0.2) is 23.2 Å². The highest BCUT2D eigenvalue weighted by Gasteiger charge is 2.35. The summed E-state index contributed by atoms with van der Waals surface area (Å²) in [5.41, 5.74) is 1.54. The normalized spacial score (nSPS) is 22.7. The Bertz CT molecular complexity index is 641. The molecule has 2 unspecified atom stereocenters. The Morgan fingerprint density at radius 3 is 2.71 bits per heavy atom. The van der Waals surface area contributed by atoms with Gasteiger partial charge < -0.3 is 20.6 Å². The first-order chi connectivity index (χ1) is 12.8. The molecule has 0 bridgehead atoms. The third kappa shape index (κ3) is 7.48. The fourth-order valence-corrected chi connectivity index (χ4v) is 3.57. The van der Waals surface area contributed by atoms with E-state index in [0.29, 0.717) is 25.2 Å². The van der Waals surface area contributed by atoms with Crippen molar-refractivity contribution in [2.24, 2.45) is 10.4 Å². The van der Waals surface area contributed by atoms with Gasteiger partial charge in [0.1, 0.15) is 5.82 Å². The highest BCUT2D eigenvalue weighted by atomic mass is 127. The van der Waals surface area contributed by atoms with Crippen molar-refractivity contribution in [3.05, 3.63) is 35.1 Å². The number of aliphatic imine (C=N–C) groups is 1. The average molecular weight is 506 g/mol. The molecule has 0 saturated heterocycles. The van der Waals surface area contributed by atoms with Crippen molar-refractivity contribution in [1.29, 1.82) is 0 Å². The molecule has 0 aromatic heterocycles. The summed E-state index contributed by atoms with van der Waals surface area (Å²) in [5.74, 6) is 0.552. The molecule has 0 radical (unpaired) electrons. The molecule has 1 aromatic carbocycles. The average Bonchev–Trinajstić information content (AvgIpc) is 2.62. The lowest BCUT2D eigenvalue weighted by molar-refractivity contribution is 0.00397. The molecule has 1 aromatic rings. The number of nitrogens with zero attached hydrogens (tertiary/aromatic N) is 2. The fraction of sp³-hybridized carbons (Fsp3) is 0.667. The second-order valence-corrected chi connectivity index (χ2v) is 8.13. The zero-order valence-corrected chi connectivity index (χ0v) is 19.9. The molecule has 28 heavy (non-hydrogen) atoms. The number of aliphatic hydroxyl groups excluding tert-OH is 1. The van der Waals surface area contributed by atoms with Crippen LogP contribution in [0.3, 0.4) is 0 Å². The Balaban J connectivity index is 0.00000392. The molecule has 1 aliphatic carbocycles. The van der Waals surface area contributed by atoms with E-state index in [0.717, 1.165) is 43.8 Å².